The first-order valence-corrected chi connectivity index (χ1v) is 8.06. The second kappa shape index (κ2) is 13.7. The number of nitrogens with zero attached hydrogens (tertiary/aromatic N) is 2. The van der Waals surface area contributed by atoms with E-state index in [1.165, 1.54) is 0 Å². The van der Waals surface area contributed by atoms with Gasteiger partial charge < -0.3 is 15.3 Å². The van der Waals surface area contributed by atoms with Crippen molar-refractivity contribution in [3.8, 4) is 6.07 Å². The molecule has 1 rings (SSSR count). The summed E-state index contributed by atoms with van der Waals surface area (Å²) in [4.78, 5) is 6.88. The van der Waals surface area contributed by atoms with Crippen molar-refractivity contribution in [1.29, 1.82) is 5.26 Å². The summed E-state index contributed by atoms with van der Waals surface area (Å²) in [6.07, 6.45) is 1.65. The van der Waals surface area contributed by atoms with E-state index in [1.54, 1.807) is 33.9 Å². The van der Waals surface area contributed by atoms with Crippen LogP contribution in [0.3, 0.4) is 0 Å². The molecule has 0 aliphatic carbocycles. The first-order chi connectivity index (χ1) is 12.0. The molecule has 0 aliphatic rings. The third-order valence-corrected chi connectivity index (χ3v) is 2.51. The van der Waals surface area contributed by atoms with E-state index in [0.717, 1.165) is 16.8 Å². The Bertz CT molecular complexity index is 644. The number of aryl methyl sites for hydroxylation is 2. The van der Waals surface area contributed by atoms with Crippen LogP contribution in [-0.2, 0) is 4.99 Å². The van der Waals surface area contributed by atoms with E-state index >= 15 is 0 Å². The standard InChI is InChI=1S/C12H15N3O2.C4H10O.C3H5N/c1-8(6-13)7-14-11-4-10(3)12(15-17-16)5-9(11)2;1-4(2,3)5;1-3-4-2/h4-5,7,14-16H,1-3H3;5H,1-3H3;3H2,1H3/b8-7+;;. The number of hydrogen-bond donors (Lipinski definition) is 4. The lowest BCUT2D eigenvalue weighted by molar-refractivity contribution is -0.215. The van der Waals surface area contributed by atoms with Crippen LogP contribution in [0.2, 0.25) is 0 Å². The monoisotopic (exact) mass is 362 g/mol. The van der Waals surface area contributed by atoms with Crippen molar-refractivity contribution in [3.05, 3.63) is 46.4 Å². The van der Waals surface area contributed by atoms with Gasteiger partial charge in [0.25, 0.3) is 0 Å². The smallest absolute Gasteiger partial charge is 0.211 e. The number of aliphatic hydroxyl groups is 1. The quantitative estimate of drug-likeness (QED) is 0.269. The lowest BCUT2D eigenvalue weighted by Crippen LogP contribution is -2.10. The van der Waals surface area contributed by atoms with Crippen molar-refractivity contribution in [2.24, 2.45) is 0 Å². The molecule has 7 nitrogen and oxygen atoms in total. The van der Waals surface area contributed by atoms with Gasteiger partial charge in [-0.25, -0.2) is 17.3 Å². The van der Waals surface area contributed by atoms with Crippen LogP contribution in [0.4, 0.5) is 11.4 Å². The Balaban J connectivity index is 0. The van der Waals surface area contributed by atoms with Gasteiger partial charge >= 0.3 is 0 Å². The molecular formula is C19H30N4O3. The lowest BCUT2D eigenvalue weighted by Gasteiger charge is -2.11. The highest BCUT2D eigenvalue weighted by Gasteiger charge is 2.03. The van der Waals surface area contributed by atoms with Crippen LogP contribution in [-0.4, -0.2) is 22.5 Å². The second-order valence-electron chi connectivity index (χ2n) is 6.40. The van der Waals surface area contributed by atoms with Crippen molar-refractivity contribution < 1.29 is 15.4 Å². The van der Waals surface area contributed by atoms with Gasteiger partial charge in [-0.3, -0.25) is 0 Å². The number of rotatable bonds is 4. The van der Waals surface area contributed by atoms with Gasteiger partial charge in [-0.2, -0.15) is 5.26 Å². The fourth-order valence-electron chi connectivity index (χ4n) is 1.35. The van der Waals surface area contributed by atoms with Gasteiger partial charge in [-0.1, -0.05) is 0 Å². The predicted octanol–water partition coefficient (Wildman–Crippen LogP) is 4.66. The first kappa shape index (κ1) is 25.7. The summed E-state index contributed by atoms with van der Waals surface area (Å²) in [7, 11) is 0. The van der Waals surface area contributed by atoms with Crippen molar-refractivity contribution in [2.75, 3.05) is 17.3 Å². The molecule has 7 heteroatoms. The van der Waals surface area contributed by atoms with Crippen LogP contribution in [0, 0.1) is 31.8 Å². The Hall–Kier alpha value is -2.58. The Kier molecular flexibility index (Phi) is 13.5. The summed E-state index contributed by atoms with van der Waals surface area (Å²) in [5, 5.41) is 28.6. The van der Waals surface area contributed by atoms with E-state index < -0.39 is 5.60 Å². The van der Waals surface area contributed by atoms with Crippen molar-refractivity contribution in [2.45, 2.75) is 54.1 Å². The van der Waals surface area contributed by atoms with Gasteiger partial charge in [0, 0.05) is 24.4 Å². The number of benzene rings is 1. The molecule has 0 aliphatic heterocycles. The number of nitrogens with one attached hydrogen (secondary N) is 2. The number of allylic oxidation sites excluding steroid dienone is 1. The molecule has 0 saturated heterocycles. The molecule has 144 valence electrons. The van der Waals surface area contributed by atoms with Gasteiger partial charge in [0.15, 0.2) is 0 Å². The van der Waals surface area contributed by atoms with E-state index in [0.29, 0.717) is 17.8 Å². The zero-order valence-corrected chi connectivity index (χ0v) is 16.6. The Morgan fingerprint density at radius 1 is 1.31 bits per heavy atom. The molecule has 0 fully saturated rings. The molecule has 0 aromatic heterocycles. The van der Waals surface area contributed by atoms with Crippen LogP contribution in [0.5, 0.6) is 0 Å². The van der Waals surface area contributed by atoms with Crippen molar-refractivity contribution in [3.63, 3.8) is 0 Å². The minimum absolute atomic E-state index is 0.500. The number of hydrogen-bond acceptors (Lipinski definition) is 6. The second-order valence-corrected chi connectivity index (χ2v) is 6.40. The first-order valence-electron chi connectivity index (χ1n) is 8.06. The van der Waals surface area contributed by atoms with E-state index in [1.807, 2.05) is 39.0 Å². The maximum Gasteiger partial charge on any atom is 0.211 e. The van der Waals surface area contributed by atoms with Crippen molar-refractivity contribution in [1.82, 2.24) is 0 Å². The van der Waals surface area contributed by atoms with Gasteiger partial charge in [-0.15, -0.1) is 4.99 Å². The molecule has 1 aromatic carbocycles. The summed E-state index contributed by atoms with van der Waals surface area (Å²) in [5.74, 6) is 0. The zero-order valence-electron chi connectivity index (χ0n) is 16.6. The molecule has 0 saturated carbocycles. The summed E-state index contributed by atoms with van der Waals surface area (Å²) in [6.45, 7) is 19.3. The molecule has 1 aromatic rings. The average molecular weight is 362 g/mol. The lowest BCUT2D eigenvalue weighted by atomic mass is 10.1. The van der Waals surface area contributed by atoms with E-state index in [-0.39, 0.29) is 0 Å². The van der Waals surface area contributed by atoms with E-state index in [9.17, 15) is 0 Å². The molecule has 0 radical (unpaired) electrons. The Labute approximate surface area is 156 Å². The van der Waals surface area contributed by atoms with Crippen LogP contribution in [0.15, 0.2) is 23.9 Å². The van der Waals surface area contributed by atoms with E-state index in [4.69, 9.17) is 22.2 Å². The normalized spacial score (nSPS) is 10.2. The summed E-state index contributed by atoms with van der Waals surface area (Å²) < 4.78 is 0. The third kappa shape index (κ3) is 15.0. The highest BCUT2D eigenvalue weighted by atomic mass is 17.2. The van der Waals surface area contributed by atoms with Gasteiger partial charge in [0.2, 0.25) is 6.54 Å². The van der Waals surface area contributed by atoms with E-state index in [2.05, 4.69) is 20.6 Å². The zero-order chi connectivity index (χ0) is 20.8. The third-order valence-electron chi connectivity index (χ3n) is 2.51. The highest BCUT2D eigenvalue weighted by molar-refractivity contribution is 5.64. The maximum absolute atomic E-state index is 8.64. The Morgan fingerprint density at radius 2 is 1.73 bits per heavy atom. The van der Waals surface area contributed by atoms with Gasteiger partial charge in [0.05, 0.1) is 17.4 Å². The maximum atomic E-state index is 8.64. The molecule has 0 spiro atoms. The molecule has 0 unspecified atom stereocenters. The fraction of sp³-hybridized carbons (Fsp3) is 0.474. The molecule has 0 bridgehead atoms. The predicted molar refractivity (Wildman–Crippen MR) is 105 cm³/mol. The fourth-order valence-corrected chi connectivity index (χ4v) is 1.35. The highest BCUT2D eigenvalue weighted by Crippen LogP contribution is 2.24. The van der Waals surface area contributed by atoms with Crippen LogP contribution >= 0.6 is 0 Å². The van der Waals surface area contributed by atoms with Gasteiger partial charge in [0.1, 0.15) is 0 Å². The van der Waals surface area contributed by atoms with Crippen LogP contribution < -0.4 is 10.8 Å². The minimum atomic E-state index is -0.500. The van der Waals surface area contributed by atoms with Crippen molar-refractivity contribution >= 4 is 11.4 Å². The van der Waals surface area contributed by atoms with Crippen LogP contribution in [0.25, 0.3) is 4.85 Å². The molecule has 0 heterocycles. The summed E-state index contributed by atoms with van der Waals surface area (Å²) in [5.41, 5.74) is 5.96. The summed E-state index contributed by atoms with van der Waals surface area (Å²) in [6, 6.07) is 5.77. The molecule has 0 atom stereocenters. The Morgan fingerprint density at radius 3 is 2.12 bits per heavy atom. The molecule has 4 N–H and O–H groups in total. The largest absolute Gasteiger partial charge is 0.391 e. The molecular weight excluding hydrogens is 332 g/mol. The van der Waals surface area contributed by atoms with Crippen LogP contribution in [0.1, 0.15) is 45.7 Å². The SMILES string of the molecule is C/C(C#N)=C\Nc1cc(C)c(NOO)cc1C.CC(C)(C)O.[C-]#[N+]CC. The minimum Gasteiger partial charge on any atom is -0.391 e. The number of nitriles is 1. The molecule has 26 heavy (non-hydrogen) atoms. The topological polar surface area (TPSA) is 102 Å². The average Bonchev–Trinajstić information content (AvgIpc) is 2.55. The summed E-state index contributed by atoms with van der Waals surface area (Å²) >= 11 is 0. The number of anilines is 2. The van der Waals surface area contributed by atoms with Gasteiger partial charge in [-0.05, 0) is 64.8 Å². The molecule has 0 amide bonds.